The predicted octanol–water partition coefficient (Wildman–Crippen LogP) is 5.31. The van der Waals surface area contributed by atoms with Gasteiger partial charge in [-0.05, 0) is 53.4 Å². The number of aryl methyl sites for hydroxylation is 1. The molecule has 2 aliphatic heterocycles. The summed E-state index contributed by atoms with van der Waals surface area (Å²) in [6.07, 6.45) is -4.04. The van der Waals surface area contributed by atoms with Gasteiger partial charge in [0, 0.05) is 44.4 Å². The van der Waals surface area contributed by atoms with E-state index in [0.717, 1.165) is 17.2 Å². The Morgan fingerprint density at radius 1 is 1.05 bits per heavy atom. The first-order valence-electron chi connectivity index (χ1n) is 13.2. The van der Waals surface area contributed by atoms with E-state index in [2.05, 4.69) is 20.5 Å². The van der Waals surface area contributed by atoms with Crippen LogP contribution in [0.15, 0.2) is 54.9 Å². The minimum Gasteiger partial charge on any atom is -0.370 e. The molecule has 6 rings (SSSR count). The lowest BCUT2D eigenvalue weighted by atomic mass is 9.98. The largest absolute Gasteiger partial charge is 0.416 e. The van der Waals surface area contributed by atoms with Crippen molar-refractivity contribution in [3.05, 3.63) is 77.1 Å². The molecule has 1 saturated heterocycles. The van der Waals surface area contributed by atoms with Gasteiger partial charge in [0.25, 0.3) is 5.91 Å². The number of likely N-dealkylation sites (tertiary alicyclic amines) is 1. The van der Waals surface area contributed by atoms with Crippen LogP contribution in [0.3, 0.4) is 0 Å². The van der Waals surface area contributed by atoms with Crippen LogP contribution in [-0.2, 0) is 26.3 Å². The quantitative estimate of drug-likeness (QED) is 0.306. The van der Waals surface area contributed by atoms with Crippen LogP contribution in [0.2, 0.25) is 0 Å². The van der Waals surface area contributed by atoms with E-state index >= 15 is 0 Å². The van der Waals surface area contributed by atoms with Crippen LogP contribution in [-0.4, -0.2) is 56.4 Å². The zero-order chi connectivity index (χ0) is 28.9. The molecule has 1 fully saturated rings. The highest BCUT2D eigenvalue weighted by atomic mass is 19.4. The molecule has 1 amide bonds. The summed E-state index contributed by atoms with van der Waals surface area (Å²) in [6, 6.07) is 13.7. The standard InChI is InChI=1S/C29H27F4N7O/c1-3-34-25-10-18(20-6-4-5-7-21(20)27-37-35-16-38(27)2)11-26(36-25)40-15-23-22(28(40)41)8-17(9-24(23)29(31,32)33)12-39-13-19(30)14-39/h4-11,16,19H,3,12-15H2,1-2H3,(H,34,36). The van der Waals surface area contributed by atoms with Gasteiger partial charge in [0.05, 0.1) is 12.1 Å². The van der Waals surface area contributed by atoms with Crippen molar-refractivity contribution in [3.63, 3.8) is 0 Å². The van der Waals surface area contributed by atoms with Crippen LogP contribution in [0.1, 0.15) is 34.0 Å². The van der Waals surface area contributed by atoms with Gasteiger partial charge in [-0.1, -0.05) is 24.3 Å². The fourth-order valence-corrected chi connectivity index (χ4v) is 5.43. The molecule has 0 atom stereocenters. The first kappa shape index (κ1) is 26.9. The van der Waals surface area contributed by atoms with E-state index in [1.807, 2.05) is 44.3 Å². The molecule has 12 heteroatoms. The number of nitrogens with zero attached hydrogens (tertiary/aromatic N) is 6. The van der Waals surface area contributed by atoms with E-state index in [9.17, 15) is 22.4 Å². The summed E-state index contributed by atoms with van der Waals surface area (Å²) >= 11 is 0. The molecule has 0 saturated carbocycles. The summed E-state index contributed by atoms with van der Waals surface area (Å²) in [7, 11) is 1.83. The predicted molar refractivity (Wildman–Crippen MR) is 146 cm³/mol. The first-order valence-corrected chi connectivity index (χ1v) is 13.2. The highest BCUT2D eigenvalue weighted by Gasteiger charge is 2.41. The molecule has 212 valence electrons. The van der Waals surface area contributed by atoms with E-state index in [1.165, 1.54) is 11.0 Å². The topological polar surface area (TPSA) is 79.2 Å². The minimum atomic E-state index is -4.66. The molecule has 41 heavy (non-hydrogen) atoms. The third-order valence-corrected chi connectivity index (χ3v) is 7.36. The summed E-state index contributed by atoms with van der Waals surface area (Å²) in [5.74, 6) is 0.780. The lowest BCUT2D eigenvalue weighted by Gasteiger charge is -2.34. The summed E-state index contributed by atoms with van der Waals surface area (Å²) in [4.78, 5) is 21.3. The zero-order valence-corrected chi connectivity index (χ0v) is 22.4. The molecule has 2 aromatic heterocycles. The maximum atomic E-state index is 14.2. The molecular weight excluding hydrogens is 538 g/mol. The fourth-order valence-electron chi connectivity index (χ4n) is 5.43. The van der Waals surface area contributed by atoms with Crippen LogP contribution in [0.4, 0.5) is 29.2 Å². The highest BCUT2D eigenvalue weighted by Crippen LogP contribution is 2.41. The molecular formula is C29H27F4N7O. The Labute approximate surface area is 233 Å². The van der Waals surface area contributed by atoms with Crippen LogP contribution in [0, 0.1) is 0 Å². The molecule has 8 nitrogen and oxygen atoms in total. The van der Waals surface area contributed by atoms with Gasteiger partial charge in [-0.3, -0.25) is 14.6 Å². The Balaban J connectivity index is 1.42. The smallest absolute Gasteiger partial charge is 0.370 e. The second-order valence-electron chi connectivity index (χ2n) is 10.3. The number of halogens is 4. The molecule has 1 N–H and O–H groups in total. The maximum absolute atomic E-state index is 14.2. The maximum Gasteiger partial charge on any atom is 0.416 e. The van der Waals surface area contributed by atoms with Crippen molar-refractivity contribution in [1.29, 1.82) is 0 Å². The number of pyridine rings is 1. The fraction of sp³-hybridized carbons (Fsp3) is 0.310. The molecule has 2 aliphatic rings. The number of amides is 1. The van der Waals surface area contributed by atoms with Crippen molar-refractivity contribution >= 4 is 17.5 Å². The lowest BCUT2D eigenvalue weighted by Crippen LogP contribution is -2.47. The Morgan fingerprint density at radius 2 is 1.80 bits per heavy atom. The van der Waals surface area contributed by atoms with Gasteiger partial charge in [-0.2, -0.15) is 13.2 Å². The zero-order valence-electron chi connectivity index (χ0n) is 22.4. The third kappa shape index (κ3) is 5.03. The van der Waals surface area contributed by atoms with Crippen molar-refractivity contribution in [1.82, 2.24) is 24.6 Å². The van der Waals surface area contributed by atoms with E-state index < -0.39 is 23.8 Å². The van der Waals surface area contributed by atoms with Crippen LogP contribution in [0.25, 0.3) is 22.5 Å². The number of hydrogen-bond acceptors (Lipinski definition) is 6. The molecule has 0 bridgehead atoms. The summed E-state index contributed by atoms with van der Waals surface area (Å²) in [6.45, 7) is 2.65. The summed E-state index contributed by atoms with van der Waals surface area (Å²) in [5, 5.41) is 11.4. The normalized spacial score (nSPS) is 15.8. The number of rotatable bonds is 7. The molecule has 0 radical (unpaired) electrons. The summed E-state index contributed by atoms with van der Waals surface area (Å²) < 4.78 is 57.7. The van der Waals surface area contributed by atoms with Crippen LogP contribution in [0.5, 0.6) is 0 Å². The summed E-state index contributed by atoms with van der Waals surface area (Å²) in [5.41, 5.74) is 1.69. The van der Waals surface area contributed by atoms with Crippen molar-refractivity contribution in [2.45, 2.75) is 32.4 Å². The van der Waals surface area contributed by atoms with E-state index in [4.69, 9.17) is 0 Å². The number of carbonyl (C=O) groups excluding carboxylic acids is 1. The number of hydrogen-bond donors (Lipinski definition) is 1. The Bertz CT molecular complexity index is 1630. The van der Waals surface area contributed by atoms with E-state index in [0.29, 0.717) is 29.3 Å². The van der Waals surface area contributed by atoms with Gasteiger partial charge in [0.2, 0.25) is 0 Å². The second-order valence-corrected chi connectivity index (χ2v) is 10.3. The molecule has 0 unspecified atom stereocenters. The second kappa shape index (κ2) is 10.3. The first-order chi connectivity index (χ1) is 19.6. The number of aromatic nitrogens is 4. The molecule has 4 aromatic rings. The molecule has 0 spiro atoms. The van der Waals surface area contributed by atoms with Gasteiger partial charge < -0.3 is 9.88 Å². The highest BCUT2D eigenvalue weighted by molar-refractivity contribution is 6.10. The van der Waals surface area contributed by atoms with Crippen LogP contribution >= 0.6 is 0 Å². The van der Waals surface area contributed by atoms with Gasteiger partial charge in [0.1, 0.15) is 24.1 Å². The van der Waals surface area contributed by atoms with E-state index in [-0.39, 0.29) is 43.1 Å². The Hall–Kier alpha value is -4.32. The average molecular weight is 566 g/mol. The van der Waals surface area contributed by atoms with Gasteiger partial charge in [-0.25, -0.2) is 9.37 Å². The third-order valence-electron chi connectivity index (χ3n) is 7.36. The van der Waals surface area contributed by atoms with Crippen molar-refractivity contribution in [2.75, 3.05) is 29.9 Å². The number of alkyl halides is 4. The minimum absolute atomic E-state index is 0.0103. The Kier molecular flexibility index (Phi) is 6.72. The Morgan fingerprint density at radius 3 is 2.46 bits per heavy atom. The van der Waals surface area contributed by atoms with Crippen molar-refractivity contribution in [2.24, 2.45) is 7.05 Å². The lowest BCUT2D eigenvalue weighted by molar-refractivity contribution is -0.138. The number of nitrogens with one attached hydrogen (secondary N) is 1. The molecule has 0 aliphatic carbocycles. The molecule has 2 aromatic carbocycles. The van der Waals surface area contributed by atoms with Gasteiger partial charge >= 0.3 is 6.18 Å². The SMILES string of the molecule is CCNc1cc(-c2ccccc2-c2nncn2C)cc(N2Cc3c(cc(CN4CC(F)C4)cc3C(F)(F)F)C2=O)n1. The molecule has 4 heterocycles. The number of carbonyl (C=O) groups is 1. The van der Waals surface area contributed by atoms with Gasteiger partial charge in [0.15, 0.2) is 5.82 Å². The average Bonchev–Trinajstić information content (AvgIpc) is 3.49. The van der Waals surface area contributed by atoms with Crippen molar-refractivity contribution < 1.29 is 22.4 Å². The number of fused-ring (bicyclic) bond motifs is 1. The number of anilines is 2. The number of benzene rings is 2. The monoisotopic (exact) mass is 565 g/mol. The van der Waals surface area contributed by atoms with Gasteiger partial charge in [-0.15, -0.1) is 10.2 Å². The van der Waals surface area contributed by atoms with E-state index in [1.54, 1.807) is 21.9 Å². The van der Waals surface area contributed by atoms with Crippen LogP contribution < -0.4 is 10.2 Å². The van der Waals surface area contributed by atoms with Crippen molar-refractivity contribution in [3.8, 4) is 22.5 Å².